The monoisotopic (exact) mass is 285 g/mol. The van der Waals surface area contributed by atoms with E-state index in [4.69, 9.17) is 16.3 Å². The normalized spacial score (nSPS) is 10.0. The number of carbonyl (C=O) groups is 2. The molecule has 0 N–H and O–H groups in total. The molecule has 1 rings (SSSR count). The van der Waals surface area contributed by atoms with Gasteiger partial charge >= 0.3 is 0 Å². The highest BCUT2D eigenvalue weighted by Crippen LogP contribution is 2.27. The number of hydrogen-bond acceptors (Lipinski definition) is 5. The third-order valence-electron chi connectivity index (χ3n) is 2.44. The molecule has 6 nitrogen and oxygen atoms in total. The minimum atomic E-state index is -0.633. The summed E-state index contributed by atoms with van der Waals surface area (Å²) in [6.07, 6.45) is 1.04. The highest BCUT2D eigenvalue weighted by Gasteiger charge is 2.17. The topological polar surface area (TPSA) is 86.5 Å². The van der Waals surface area contributed by atoms with Crippen LogP contribution in [-0.4, -0.2) is 23.1 Å². The molecule has 0 aliphatic heterocycles. The van der Waals surface area contributed by atoms with Gasteiger partial charge in [0.15, 0.2) is 6.29 Å². The number of nitro benzene ring substituents is 1. The molecule has 0 heterocycles. The number of rotatable bonds is 7. The Morgan fingerprint density at radius 2 is 2.21 bits per heavy atom. The number of nitro groups is 1. The van der Waals surface area contributed by atoms with E-state index in [1.54, 1.807) is 13.0 Å². The first kappa shape index (κ1) is 15.1. The van der Waals surface area contributed by atoms with Crippen molar-refractivity contribution in [1.82, 2.24) is 0 Å². The molecule has 1 aromatic carbocycles. The average molecular weight is 286 g/mol. The minimum Gasteiger partial charge on any atom is -0.493 e. The van der Waals surface area contributed by atoms with Crippen molar-refractivity contribution in [2.45, 2.75) is 19.8 Å². The van der Waals surface area contributed by atoms with Crippen molar-refractivity contribution >= 4 is 28.8 Å². The van der Waals surface area contributed by atoms with Crippen LogP contribution in [0.5, 0.6) is 5.75 Å². The van der Waals surface area contributed by atoms with Crippen LogP contribution in [0.3, 0.4) is 0 Å². The Labute approximate surface area is 114 Å². The molecule has 0 fully saturated rings. The summed E-state index contributed by atoms with van der Waals surface area (Å²) in [7, 11) is 0. The molecule has 0 atom stereocenters. The third kappa shape index (κ3) is 4.33. The first-order chi connectivity index (χ1) is 8.95. The van der Waals surface area contributed by atoms with Gasteiger partial charge in [0.2, 0.25) is 5.24 Å². The average Bonchev–Trinajstić information content (AvgIpc) is 2.33. The quantitative estimate of drug-likeness (QED) is 0.253. The zero-order chi connectivity index (χ0) is 14.4. The van der Waals surface area contributed by atoms with Crippen LogP contribution in [0.4, 0.5) is 5.69 Å². The molecule has 0 bridgehead atoms. The first-order valence-electron chi connectivity index (χ1n) is 5.51. The second-order valence-corrected chi connectivity index (χ2v) is 4.28. The fourth-order valence-corrected chi connectivity index (χ4v) is 1.67. The standard InChI is InChI=1S/C12H12ClNO5/c1-8-5-9(19-4-2-3-12(13)16)6-11(14(17)18)10(8)7-15/h5-7H,2-4H2,1H3. The lowest BCUT2D eigenvalue weighted by atomic mass is 10.1. The Hall–Kier alpha value is -1.95. The lowest BCUT2D eigenvalue weighted by Crippen LogP contribution is -2.02. The van der Waals surface area contributed by atoms with Crippen molar-refractivity contribution < 1.29 is 19.2 Å². The van der Waals surface area contributed by atoms with Crippen molar-refractivity contribution in [3.63, 3.8) is 0 Å². The summed E-state index contributed by atoms with van der Waals surface area (Å²) in [6.45, 7) is 1.81. The van der Waals surface area contributed by atoms with Crippen molar-refractivity contribution in [2.75, 3.05) is 6.61 Å². The van der Waals surface area contributed by atoms with Crippen LogP contribution in [0.15, 0.2) is 12.1 Å². The van der Waals surface area contributed by atoms with Crippen LogP contribution in [-0.2, 0) is 4.79 Å². The summed E-state index contributed by atoms with van der Waals surface area (Å²) in [5, 5.41) is 10.4. The summed E-state index contributed by atoms with van der Waals surface area (Å²) < 4.78 is 5.30. The number of aldehydes is 1. The number of halogens is 1. The molecule has 0 unspecified atom stereocenters. The highest BCUT2D eigenvalue weighted by molar-refractivity contribution is 6.63. The van der Waals surface area contributed by atoms with E-state index in [1.165, 1.54) is 6.07 Å². The van der Waals surface area contributed by atoms with E-state index in [0.29, 0.717) is 18.3 Å². The molecule has 0 aliphatic rings. The molecule has 0 amide bonds. The summed E-state index contributed by atoms with van der Waals surface area (Å²) in [5.74, 6) is 0.289. The third-order valence-corrected chi connectivity index (χ3v) is 2.63. The maximum Gasteiger partial charge on any atom is 0.283 e. The molecule has 102 valence electrons. The number of aryl methyl sites for hydroxylation is 1. The molecule has 0 aliphatic carbocycles. The minimum absolute atomic E-state index is 0.0354. The number of ether oxygens (including phenoxy) is 1. The lowest BCUT2D eigenvalue weighted by molar-refractivity contribution is -0.385. The predicted molar refractivity (Wildman–Crippen MR) is 68.8 cm³/mol. The van der Waals surface area contributed by atoms with Crippen LogP contribution >= 0.6 is 11.6 Å². The van der Waals surface area contributed by atoms with Crippen LogP contribution in [0.2, 0.25) is 0 Å². The van der Waals surface area contributed by atoms with Gasteiger partial charge in [-0.2, -0.15) is 0 Å². The van der Waals surface area contributed by atoms with Crippen molar-refractivity contribution in [1.29, 1.82) is 0 Å². The molecule has 19 heavy (non-hydrogen) atoms. The fourth-order valence-electron chi connectivity index (χ4n) is 1.54. The van der Waals surface area contributed by atoms with Crippen LogP contribution in [0.25, 0.3) is 0 Å². The molecule has 1 aromatic rings. The molecule has 7 heteroatoms. The van der Waals surface area contributed by atoms with E-state index in [9.17, 15) is 19.7 Å². The highest BCUT2D eigenvalue weighted by atomic mass is 35.5. The molecular formula is C12H12ClNO5. The van der Waals surface area contributed by atoms with Gasteiger partial charge in [0.05, 0.1) is 23.2 Å². The first-order valence-corrected chi connectivity index (χ1v) is 5.89. The molecule has 0 saturated heterocycles. The van der Waals surface area contributed by atoms with E-state index in [1.807, 2.05) is 0 Å². The Morgan fingerprint density at radius 3 is 2.74 bits per heavy atom. The SMILES string of the molecule is Cc1cc(OCCCC(=O)Cl)cc([N+](=O)[O-])c1C=O. The van der Waals surface area contributed by atoms with Crippen LogP contribution in [0.1, 0.15) is 28.8 Å². The largest absolute Gasteiger partial charge is 0.493 e. The summed E-state index contributed by atoms with van der Waals surface area (Å²) in [6, 6.07) is 2.73. The van der Waals surface area contributed by atoms with Gasteiger partial charge in [-0.15, -0.1) is 0 Å². The molecule has 0 spiro atoms. The second-order valence-electron chi connectivity index (χ2n) is 3.86. The van der Waals surface area contributed by atoms with Crippen molar-refractivity contribution in [3.05, 3.63) is 33.4 Å². The molecular weight excluding hydrogens is 274 g/mol. The maximum atomic E-state index is 10.8. The Balaban J connectivity index is 2.83. The zero-order valence-electron chi connectivity index (χ0n) is 10.2. The van der Waals surface area contributed by atoms with E-state index < -0.39 is 10.2 Å². The number of hydrogen-bond donors (Lipinski definition) is 0. The molecule has 0 saturated carbocycles. The summed E-state index contributed by atoms with van der Waals surface area (Å²) >= 11 is 5.17. The van der Waals surface area contributed by atoms with Gasteiger partial charge in [0.1, 0.15) is 5.75 Å². The Kier molecular flexibility index (Phi) is 5.44. The summed E-state index contributed by atoms with van der Waals surface area (Å²) in [5.41, 5.74) is 0.208. The smallest absolute Gasteiger partial charge is 0.283 e. The van der Waals surface area contributed by atoms with E-state index >= 15 is 0 Å². The van der Waals surface area contributed by atoms with Gasteiger partial charge in [-0.1, -0.05) is 0 Å². The Bertz CT molecular complexity index is 515. The van der Waals surface area contributed by atoms with Gasteiger partial charge in [-0.05, 0) is 36.6 Å². The Morgan fingerprint density at radius 1 is 1.53 bits per heavy atom. The van der Waals surface area contributed by atoms with Gasteiger partial charge < -0.3 is 4.74 Å². The second kappa shape index (κ2) is 6.84. The predicted octanol–water partition coefficient (Wildman–Crippen LogP) is 2.64. The van der Waals surface area contributed by atoms with E-state index in [0.717, 1.165) is 0 Å². The number of carbonyl (C=O) groups excluding carboxylic acids is 2. The van der Waals surface area contributed by atoms with Crippen LogP contribution in [0, 0.1) is 17.0 Å². The molecule has 0 radical (unpaired) electrons. The zero-order valence-corrected chi connectivity index (χ0v) is 11.0. The van der Waals surface area contributed by atoms with Crippen LogP contribution < -0.4 is 4.74 Å². The van der Waals surface area contributed by atoms with Crippen molar-refractivity contribution in [2.24, 2.45) is 0 Å². The van der Waals surface area contributed by atoms with Gasteiger partial charge in [-0.3, -0.25) is 19.7 Å². The number of nitrogens with zero attached hydrogens (tertiary/aromatic N) is 1. The van der Waals surface area contributed by atoms with E-state index in [2.05, 4.69) is 0 Å². The molecule has 0 aromatic heterocycles. The van der Waals surface area contributed by atoms with Gasteiger partial charge in [0.25, 0.3) is 5.69 Å². The summed E-state index contributed by atoms with van der Waals surface area (Å²) in [4.78, 5) is 31.5. The van der Waals surface area contributed by atoms with Crippen molar-refractivity contribution in [3.8, 4) is 5.75 Å². The lowest BCUT2D eigenvalue weighted by Gasteiger charge is -2.08. The number of benzene rings is 1. The van der Waals surface area contributed by atoms with E-state index in [-0.39, 0.29) is 30.0 Å². The fraction of sp³-hybridized carbons (Fsp3) is 0.333. The van der Waals surface area contributed by atoms with Gasteiger partial charge in [-0.25, -0.2) is 0 Å². The van der Waals surface area contributed by atoms with Gasteiger partial charge in [0, 0.05) is 6.42 Å². The maximum absolute atomic E-state index is 10.8.